The number of amides is 2. The average molecular weight is 713 g/mol. The molecule has 0 saturated carbocycles. The van der Waals surface area contributed by atoms with Crippen molar-refractivity contribution < 1.29 is 27.5 Å². The van der Waals surface area contributed by atoms with Gasteiger partial charge in [0.1, 0.15) is 24.1 Å². The number of sulfonamides is 1. The Labute approximate surface area is 292 Å². The molecule has 0 spiro atoms. The smallest absolute Gasteiger partial charge is 0.264 e. The molecule has 0 bridgehead atoms. The molecule has 0 unspecified atom stereocenters. The molecule has 4 aromatic rings. The van der Waals surface area contributed by atoms with Crippen molar-refractivity contribution in [2.75, 3.05) is 25.1 Å². The normalized spacial score (nSPS) is 12.5. The van der Waals surface area contributed by atoms with Crippen molar-refractivity contribution >= 4 is 50.7 Å². The molecule has 0 fully saturated rings. The number of hydrogen-bond donors (Lipinski definition) is 1. The van der Waals surface area contributed by atoms with Crippen LogP contribution in [0, 0.1) is 0 Å². The molecule has 0 heterocycles. The fraction of sp³-hybridized carbons (Fsp3) is 0.278. The summed E-state index contributed by atoms with van der Waals surface area (Å²) in [6.45, 7) is 2.96. The highest BCUT2D eigenvalue weighted by molar-refractivity contribution is 7.92. The molecule has 2 amide bonds. The summed E-state index contributed by atoms with van der Waals surface area (Å²) in [6, 6.07) is 25.4. The standard InChI is InChI=1S/C36H39Cl2N3O6S/c1-5-25(2)39-36(43)33(21-26-13-8-6-9-14-26)40(23-29-30(37)17-12-18-31(29)38)35(42)24-41(48(44,45)28-15-10-7-11-16-28)32-22-27(46-3)19-20-34(32)47-4/h6-20,22,25,33H,5,21,23-24H2,1-4H3,(H,39,43)/t25-,33+/m1/s1. The van der Waals surface area contributed by atoms with E-state index in [2.05, 4.69) is 5.32 Å². The number of rotatable bonds is 15. The first kappa shape index (κ1) is 36.6. The van der Waals surface area contributed by atoms with Gasteiger partial charge in [0.05, 0.1) is 24.8 Å². The third-order valence-electron chi connectivity index (χ3n) is 7.93. The van der Waals surface area contributed by atoms with Crippen LogP contribution >= 0.6 is 23.2 Å². The van der Waals surface area contributed by atoms with Gasteiger partial charge < -0.3 is 19.7 Å². The topological polar surface area (TPSA) is 105 Å². The summed E-state index contributed by atoms with van der Waals surface area (Å²) < 4.78 is 40.6. The van der Waals surface area contributed by atoms with Crippen LogP contribution in [0.1, 0.15) is 31.4 Å². The van der Waals surface area contributed by atoms with Gasteiger partial charge in [-0.15, -0.1) is 0 Å². The van der Waals surface area contributed by atoms with Gasteiger partial charge in [0, 0.05) is 40.7 Å². The Balaban J connectivity index is 1.90. The molecule has 254 valence electrons. The van der Waals surface area contributed by atoms with Crippen molar-refractivity contribution in [2.45, 2.75) is 50.2 Å². The Bertz CT molecular complexity index is 1790. The Kier molecular flexibility index (Phi) is 12.7. The number of nitrogens with one attached hydrogen (secondary N) is 1. The molecule has 2 atom stereocenters. The van der Waals surface area contributed by atoms with E-state index < -0.39 is 34.4 Å². The van der Waals surface area contributed by atoms with Crippen LogP contribution in [0.4, 0.5) is 5.69 Å². The summed E-state index contributed by atoms with van der Waals surface area (Å²) >= 11 is 13.2. The van der Waals surface area contributed by atoms with E-state index in [4.69, 9.17) is 32.7 Å². The van der Waals surface area contributed by atoms with E-state index in [0.29, 0.717) is 27.8 Å². The highest BCUT2D eigenvalue weighted by Crippen LogP contribution is 2.36. The minimum absolute atomic E-state index is 0.0429. The minimum atomic E-state index is -4.36. The lowest BCUT2D eigenvalue weighted by atomic mass is 10.0. The predicted octanol–water partition coefficient (Wildman–Crippen LogP) is 6.76. The van der Waals surface area contributed by atoms with Crippen molar-refractivity contribution in [3.8, 4) is 11.5 Å². The molecule has 1 N–H and O–H groups in total. The van der Waals surface area contributed by atoms with Crippen LogP contribution in [0.15, 0.2) is 102 Å². The number of halogens is 2. The van der Waals surface area contributed by atoms with Crippen molar-refractivity contribution in [1.29, 1.82) is 0 Å². The van der Waals surface area contributed by atoms with Gasteiger partial charge >= 0.3 is 0 Å². The number of carbonyl (C=O) groups excluding carboxylic acids is 2. The monoisotopic (exact) mass is 711 g/mol. The molecule has 0 aliphatic heterocycles. The van der Waals surface area contributed by atoms with E-state index in [9.17, 15) is 18.0 Å². The summed E-state index contributed by atoms with van der Waals surface area (Å²) in [5.74, 6) is -0.531. The molecule has 0 aromatic heterocycles. The van der Waals surface area contributed by atoms with E-state index in [1.54, 1.807) is 48.5 Å². The Morgan fingerprint density at radius 1 is 0.854 bits per heavy atom. The fourth-order valence-electron chi connectivity index (χ4n) is 5.07. The molecule has 0 aliphatic rings. The van der Waals surface area contributed by atoms with Crippen LogP contribution in [-0.2, 0) is 32.6 Å². The van der Waals surface area contributed by atoms with Gasteiger partial charge in [-0.2, -0.15) is 0 Å². The third-order valence-corrected chi connectivity index (χ3v) is 10.4. The first-order valence-electron chi connectivity index (χ1n) is 15.4. The molecular weight excluding hydrogens is 673 g/mol. The van der Waals surface area contributed by atoms with Crippen LogP contribution in [0.25, 0.3) is 0 Å². The van der Waals surface area contributed by atoms with Crippen molar-refractivity contribution in [3.63, 3.8) is 0 Å². The summed E-state index contributed by atoms with van der Waals surface area (Å²) in [5, 5.41) is 3.60. The quantitative estimate of drug-likeness (QED) is 0.146. The van der Waals surface area contributed by atoms with Gasteiger partial charge in [-0.05, 0) is 55.3 Å². The highest BCUT2D eigenvalue weighted by atomic mass is 35.5. The second-order valence-corrected chi connectivity index (χ2v) is 13.8. The molecule has 0 saturated heterocycles. The Hall–Kier alpha value is -4.25. The summed E-state index contributed by atoms with van der Waals surface area (Å²) in [6.07, 6.45) is 0.803. The summed E-state index contributed by atoms with van der Waals surface area (Å²) in [7, 11) is -1.51. The Morgan fingerprint density at radius 3 is 2.06 bits per heavy atom. The number of benzene rings is 4. The fourth-order valence-corrected chi connectivity index (χ4v) is 7.03. The lowest BCUT2D eigenvalue weighted by Gasteiger charge is -2.35. The summed E-state index contributed by atoms with van der Waals surface area (Å²) in [5.41, 5.74) is 1.29. The number of ether oxygens (including phenoxy) is 2. The maximum absolute atomic E-state index is 14.8. The van der Waals surface area contributed by atoms with Crippen molar-refractivity contribution in [2.24, 2.45) is 0 Å². The van der Waals surface area contributed by atoms with E-state index in [1.807, 2.05) is 44.2 Å². The van der Waals surface area contributed by atoms with Gasteiger partial charge in [-0.1, -0.05) is 84.7 Å². The molecular formula is C36H39Cl2N3O6S. The van der Waals surface area contributed by atoms with Crippen LogP contribution in [0.3, 0.4) is 0 Å². The first-order valence-corrected chi connectivity index (χ1v) is 17.6. The minimum Gasteiger partial charge on any atom is -0.497 e. The molecule has 4 aromatic carbocycles. The number of methoxy groups -OCH3 is 2. The van der Waals surface area contributed by atoms with E-state index in [1.165, 1.54) is 37.3 Å². The average Bonchev–Trinajstić information content (AvgIpc) is 3.10. The number of carbonyl (C=O) groups is 2. The SMILES string of the molecule is CC[C@@H](C)NC(=O)[C@H](Cc1ccccc1)N(Cc1c(Cl)cccc1Cl)C(=O)CN(c1cc(OC)ccc1OC)S(=O)(=O)c1ccccc1. The zero-order valence-corrected chi connectivity index (χ0v) is 29.6. The zero-order valence-electron chi connectivity index (χ0n) is 27.2. The van der Waals surface area contributed by atoms with Gasteiger partial charge in [0.2, 0.25) is 11.8 Å². The molecule has 4 rings (SSSR count). The van der Waals surface area contributed by atoms with Gasteiger partial charge in [0.15, 0.2) is 0 Å². The third kappa shape index (κ3) is 8.80. The van der Waals surface area contributed by atoms with Gasteiger partial charge in [-0.25, -0.2) is 8.42 Å². The van der Waals surface area contributed by atoms with E-state index in [0.717, 1.165) is 9.87 Å². The van der Waals surface area contributed by atoms with Crippen LogP contribution in [0.2, 0.25) is 10.0 Å². The number of anilines is 1. The second-order valence-electron chi connectivity index (χ2n) is 11.1. The molecule has 48 heavy (non-hydrogen) atoms. The molecule has 9 nitrogen and oxygen atoms in total. The molecule has 12 heteroatoms. The van der Waals surface area contributed by atoms with Crippen LogP contribution in [-0.4, -0.2) is 58.0 Å². The predicted molar refractivity (Wildman–Crippen MR) is 189 cm³/mol. The van der Waals surface area contributed by atoms with E-state index >= 15 is 0 Å². The molecule has 0 aliphatic carbocycles. The summed E-state index contributed by atoms with van der Waals surface area (Å²) in [4.78, 5) is 30.1. The zero-order chi connectivity index (χ0) is 34.8. The maximum Gasteiger partial charge on any atom is 0.264 e. The number of nitrogens with zero attached hydrogens (tertiary/aromatic N) is 2. The van der Waals surface area contributed by atoms with Gasteiger partial charge in [0.25, 0.3) is 10.0 Å². The molecule has 0 radical (unpaired) electrons. The maximum atomic E-state index is 14.8. The van der Waals surface area contributed by atoms with Gasteiger partial charge in [-0.3, -0.25) is 13.9 Å². The largest absolute Gasteiger partial charge is 0.497 e. The van der Waals surface area contributed by atoms with Crippen LogP contribution in [0.5, 0.6) is 11.5 Å². The van der Waals surface area contributed by atoms with Crippen molar-refractivity contribution in [3.05, 3.63) is 118 Å². The van der Waals surface area contributed by atoms with Crippen LogP contribution < -0.4 is 19.1 Å². The lowest BCUT2D eigenvalue weighted by molar-refractivity contribution is -0.140. The highest BCUT2D eigenvalue weighted by Gasteiger charge is 2.36. The van der Waals surface area contributed by atoms with Crippen molar-refractivity contribution in [1.82, 2.24) is 10.2 Å². The van der Waals surface area contributed by atoms with E-state index in [-0.39, 0.29) is 35.3 Å². The lowest BCUT2D eigenvalue weighted by Crippen LogP contribution is -2.54. The second kappa shape index (κ2) is 16.7. The number of hydrogen-bond acceptors (Lipinski definition) is 6. The first-order chi connectivity index (χ1) is 23.0. The Morgan fingerprint density at radius 2 is 1.48 bits per heavy atom.